The third-order valence-electron chi connectivity index (χ3n) is 4.52. The molecule has 0 unspecified atom stereocenters. The molecule has 7 nitrogen and oxygen atoms in total. The molecule has 27 heavy (non-hydrogen) atoms. The van der Waals surface area contributed by atoms with Crippen LogP contribution in [0.3, 0.4) is 0 Å². The summed E-state index contributed by atoms with van der Waals surface area (Å²) in [6, 6.07) is 8.46. The Hall–Kier alpha value is -2.10. The van der Waals surface area contributed by atoms with Crippen molar-refractivity contribution in [3.8, 4) is 0 Å². The summed E-state index contributed by atoms with van der Waals surface area (Å²) < 4.78 is 2.00. The molecule has 0 saturated carbocycles. The van der Waals surface area contributed by atoms with Crippen LogP contribution < -0.4 is 10.6 Å². The number of aliphatic imine (C=N–C) groups is 1. The van der Waals surface area contributed by atoms with Gasteiger partial charge in [0, 0.05) is 43.3 Å². The smallest absolute Gasteiger partial charge is 0.190 e. The Morgan fingerprint density at radius 1 is 1.11 bits per heavy atom. The maximum atomic E-state index is 4.30. The number of aromatic amines is 1. The average molecular weight is 481 g/mol. The third-order valence-corrected chi connectivity index (χ3v) is 4.52. The van der Waals surface area contributed by atoms with Crippen molar-refractivity contribution in [1.29, 1.82) is 0 Å². The summed E-state index contributed by atoms with van der Waals surface area (Å²) in [6.07, 6.45) is 6.61. The second-order valence-electron chi connectivity index (χ2n) is 6.36. The Labute approximate surface area is 177 Å². The highest BCUT2D eigenvalue weighted by atomic mass is 127. The Morgan fingerprint density at radius 2 is 1.85 bits per heavy atom. The van der Waals surface area contributed by atoms with E-state index in [2.05, 4.69) is 62.0 Å². The molecule has 146 valence electrons. The maximum absolute atomic E-state index is 4.30. The van der Waals surface area contributed by atoms with Crippen LogP contribution in [-0.2, 0) is 13.0 Å². The van der Waals surface area contributed by atoms with Crippen LogP contribution >= 0.6 is 24.0 Å². The second kappa shape index (κ2) is 10.9. The van der Waals surface area contributed by atoms with E-state index in [1.807, 2.05) is 11.6 Å². The molecule has 3 aromatic rings. The van der Waals surface area contributed by atoms with E-state index in [9.17, 15) is 0 Å². The maximum Gasteiger partial charge on any atom is 0.190 e. The standard InChI is InChI=1S/C19H27N7.HI/c1-15-16(17-7-3-4-8-18(17)25-15)9-11-22-19(20-2)21-10-5-6-12-26-13-23-24-14-26;/h3-4,7-8,13-14,25H,5-6,9-12H2,1-2H3,(H2,20,21,22);1H. The number of guanidine groups is 1. The largest absolute Gasteiger partial charge is 0.358 e. The first kappa shape index (κ1) is 21.2. The monoisotopic (exact) mass is 481 g/mol. The van der Waals surface area contributed by atoms with Gasteiger partial charge in [-0.05, 0) is 37.8 Å². The van der Waals surface area contributed by atoms with Crippen molar-refractivity contribution in [2.75, 3.05) is 20.1 Å². The zero-order chi connectivity index (χ0) is 18.2. The lowest BCUT2D eigenvalue weighted by Crippen LogP contribution is -2.38. The van der Waals surface area contributed by atoms with Gasteiger partial charge in [-0.3, -0.25) is 4.99 Å². The SMILES string of the molecule is CN=C(NCCCCn1cnnc1)NCCc1c(C)[nH]c2ccccc12.I. The zero-order valence-corrected chi connectivity index (χ0v) is 18.2. The summed E-state index contributed by atoms with van der Waals surface area (Å²) in [5.74, 6) is 0.854. The number of hydrogen-bond acceptors (Lipinski definition) is 3. The Kier molecular flexibility index (Phi) is 8.56. The van der Waals surface area contributed by atoms with Gasteiger partial charge in [0.05, 0.1) is 0 Å². The molecule has 0 spiro atoms. The van der Waals surface area contributed by atoms with E-state index in [0.29, 0.717) is 0 Å². The van der Waals surface area contributed by atoms with Crippen molar-refractivity contribution in [1.82, 2.24) is 30.4 Å². The van der Waals surface area contributed by atoms with Crippen LogP contribution in [0.5, 0.6) is 0 Å². The number of rotatable bonds is 8. The Morgan fingerprint density at radius 3 is 2.63 bits per heavy atom. The molecule has 0 atom stereocenters. The summed E-state index contributed by atoms with van der Waals surface area (Å²) in [4.78, 5) is 7.76. The highest BCUT2D eigenvalue weighted by Crippen LogP contribution is 2.21. The van der Waals surface area contributed by atoms with Gasteiger partial charge >= 0.3 is 0 Å². The van der Waals surface area contributed by atoms with Gasteiger partial charge in [-0.15, -0.1) is 34.2 Å². The van der Waals surface area contributed by atoms with Gasteiger partial charge in [0.15, 0.2) is 5.96 Å². The molecule has 0 amide bonds. The lowest BCUT2D eigenvalue weighted by atomic mass is 10.1. The number of halogens is 1. The highest BCUT2D eigenvalue weighted by Gasteiger charge is 2.07. The molecular formula is C19H28IN7. The van der Waals surface area contributed by atoms with Crippen LogP contribution in [0.2, 0.25) is 0 Å². The fraction of sp³-hybridized carbons (Fsp3) is 0.421. The van der Waals surface area contributed by atoms with Crippen LogP contribution in [0, 0.1) is 6.92 Å². The van der Waals surface area contributed by atoms with Crippen LogP contribution in [0.15, 0.2) is 41.9 Å². The van der Waals surface area contributed by atoms with Gasteiger partial charge in [-0.2, -0.15) is 0 Å². The molecule has 2 heterocycles. The molecule has 3 N–H and O–H groups in total. The van der Waals surface area contributed by atoms with E-state index >= 15 is 0 Å². The van der Waals surface area contributed by atoms with Gasteiger partial charge in [-0.25, -0.2) is 0 Å². The van der Waals surface area contributed by atoms with E-state index < -0.39 is 0 Å². The first-order valence-electron chi connectivity index (χ1n) is 9.11. The van der Waals surface area contributed by atoms with E-state index in [0.717, 1.165) is 44.9 Å². The summed E-state index contributed by atoms with van der Waals surface area (Å²) in [5.41, 5.74) is 3.82. The Balaban J connectivity index is 0.00000261. The fourth-order valence-electron chi connectivity index (χ4n) is 3.15. The highest BCUT2D eigenvalue weighted by molar-refractivity contribution is 14.0. The van der Waals surface area contributed by atoms with Crippen molar-refractivity contribution in [3.63, 3.8) is 0 Å². The van der Waals surface area contributed by atoms with E-state index in [1.165, 1.54) is 22.2 Å². The molecule has 2 aromatic heterocycles. The molecule has 0 radical (unpaired) electrons. The fourth-order valence-corrected chi connectivity index (χ4v) is 3.15. The number of para-hydroxylation sites is 1. The number of unbranched alkanes of at least 4 members (excludes halogenated alkanes) is 1. The lowest BCUT2D eigenvalue weighted by molar-refractivity contribution is 0.597. The summed E-state index contributed by atoms with van der Waals surface area (Å²) in [5, 5.41) is 15.7. The Bertz CT molecular complexity index is 839. The van der Waals surface area contributed by atoms with Crippen molar-refractivity contribution in [2.24, 2.45) is 4.99 Å². The number of nitrogens with zero attached hydrogens (tertiary/aromatic N) is 4. The molecule has 0 aliphatic heterocycles. The molecule has 0 bridgehead atoms. The number of aromatic nitrogens is 4. The molecule has 0 aliphatic carbocycles. The van der Waals surface area contributed by atoms with Gasteiger partial charge in [0.1, 0.15) is 12.7 Å². The number of hydrogen-bond donors (Lipinski definition) is 3. The summed E-state index contributed by atoms with van der Waals surface area (Å²) in [6.45, 7) is 4.83. The number of benzene rings is 1. The predicted octanol–water partition coefficient (Wildman–Crippen LogP) is 2.87. The average Bonchev–Trinajstić information content (AvgIpc) is 3.27. The van der Waals surface area contributed by atoms with Crippen LogP contribution in [0.25, 0.3) is 10.9 Å². The molecule has 0 saturated heterocycles. The molecule has 0 fully saturated rings. The molecular weight excluding hydrogens is 453 g/mol. The first-order chi connectivity index (χ1) is 12.8. The molecule has 1 aromatic carbocycles. The van der Waals surface area contributed by atoms with Gasteiger partial charge in [0.25, 0.3) is 0 Å². The number of fused-ring (bicyclic) bond motifs is 1. The van der Waals surface area contributed by atoms with Gasteiger partial charge in [0.2, 0.25) is 0 Å². The molecule has 3 rings (SSSR count). The number of H-pyrrole nitrogens is 1. The number of aryl methyl sites for hydroxylation is 2. The second-order valence-corrected chi connectivity index (χ2v) is 6.36. The van der Waals surface area contributed by atoms with E-state index in [-0.39, 0.29) is 24.0 Å². The normalized spacial score (nSPS) is 11.4. The first-order valence-corrected chi connectivity index (χ1v) is 9.11. The predicted molar refractivity (Wildman–Crippen MR) is 121 cm³/mol. The van der Waals surface area contributed by atoms with Crippen LogP contribution in [-0.4, -0.2) is 45.8 Å². The van der Waals surface area contributed by atoms with Crippen LogP contribution in [0.1, 0.15) is 24.1 Å². The van der Waals surface area contributed by atoms with Crippen molar-refractivity contribution in [2.45, 2.75) is 32.7 Å². The minimum Gasteiger partial charge on any atom is -0.358 e. The topological polar surface area (TPSA) is 82.9 Å². The van der Waals surface area contributed by atoms with Crippen molar-refractivity contribution < 1.29 is 0 Å². The molecule has 8 heteroatoms. The van der Waals surface area contributed by atoms with Gasteiger partial charge < -0.3 is 20.2 Å². The summed E-state index contributed by atoms with van der Waals surface area (Å²) >= 11 is 0. The van der Waals surface area contributed by atoms with Crippen molar-refractivity contribution >= 4 is 40.8 Å². The summed E-state index contributed by atoms with van der Waals surface area (Å²) in [7, 11) is 1.81. The number of nitrogens with one attached hydrogen (secondary N) is 3. The lowest BCUT2D eigenvalue weighted by Gasteiger charge is -2.12. The van der Waals surface area contributed by atoms with Gasteiger partial charge in [-0.1, -0.05) is 18.2 Å². The minimum atomic E-state index is 0. The van der Waals surface area contributed by atoms with Crippen LogP contribution in [0.4, 0.5) is 0 Å². The quantitative estimate of drug-likeness (QED) is 0.200. The van der Waals surface area contributed by atoms with Crippen molar-refractivity contribution in [3.05, 3.63) is 48.2 Å². The zero-order valence-electron chi connectivity index (χ0n) is 15.9. The third kappa shape index (κ3) is 5.95. The van der Waals surface area contributed by atoms with E-state index in [4.69, 9.17) is 0 Å². The van der Waals surface area contributed by atoms with E-state index in [1.54, 1.807) is 12.7 Å². The minimum absolute atomic E-state index is 0. The molecule has 0 aliphatic rings.